The molecule has 10 nitrogen and oxygen atoms in total. The molecule has 13 heteroatoms. The number of carbonyl (C=O) groups excluding carboxylic acids is 1. The lowest BCUT2D eigenvalue weighted by Gasteiger charge is -2.44. The van der Waals surface area contributed by atoms with Crippen LogP contribution < -0.4 is 14.5 Å². The van der Waals surface area contributed by atoms with Crippen LogP contribution in [0.25, 0.3) is 10.8 Å². The van der Waals surface area contributed by atoms with Gasteiger partial charge < -0.3 is 29.1 Å². The maximum Gasteiger partial charge on any atom is 0.318 e. The molecular weight excluding hydrogens is 652 g/mol. The van der Waals surface area contributed by atoms with Gasteiger partial charge in [0.25, 0.3) is 5.91 Å². The van der Waals surface area contributed by atoms with Crippen molar-refractivity contribution in [3.63, 3.8) is 0 Å². The molecule has 7 rings (SSSR count). The molecule has 0 bridgehead atoms. The van der Waals surface area contributed by atoms with Crippen molar-refractivity contribution >= 4 is 39.8 Å². The van der Waals surface area contributed by atoms with Gasteiger partial charge in [0.2, 0.25) is 0 Å². The van der Waals surface area contributed by atoms with Gasteiger partial charge in [0.15, 0.2) is 5.83 Å². The fourth-order valence-electron chi connectivity index (χ4n) is 7.49. The van der Waals surface area contributed by atoms with E-state index in [-0.39, 0.29) is 42.0 Å². The topological polar surface area (TPSA) is 98.1 Å². The highest BCUT2D eigenvalue weighted by atomic mass is 35.5. The first-order valence-electron chi connectivity index (χ1n) is 16.8. The Morgan fingerprint density at radius 3 is 2.73 bits per heavy atom. The van der Waals surface area contributed by atoms with E-state index in [4.69, 9.17) is 31.0 Å². The van der Waals surface area contributed by atoms with Crippen molar-refractivity contribution in [1.29, 1.82) is 5.26 Å². The van der Waals surface area contributed by atoms with Gasteiger partial charge in [-0.1, -0.05) is 36.4 Å². The number of fused-ring (bicyclic) bond motifs is 2. The van der Waals surface area contributed by atoms with Gasteiger partial charge in [0.1, 0.15) is 18.2 Å². The van der Waals surface area contributed by atoms with E-state index >= 15 is 0 Å². The van der Waals surface area contributed by atoms with E-state index < -0.39 is 23.6 Å². The predicted octanol–water partition coefficient (Wildman–Crippen LogP) is 5.28. The molecule has 2 atom stereocenters. The Morgan fingerprint density at radius 2 is 2.04 bits per heavy atom. The molecule has 49 heavy (non-hydrogen) atoms. The van der Waals surface area contributed by atoms with E-state index in [0.717, 1.165) is 28.9 Å². The molecule has 2 saturated heterocycles. The number of piperazine rings is 1. The standard InChI is InChI=1S/C36H40ClF2N7O3/c1-22-15-27-29(17-46(22)30-6-4-5-24-7-10-28(39)32(37)31(24)30)41-35(49-21-36(19-48-20-36)18-43(3)25-8-9-25)42-33(27)44-13-14-45(34(47)23(2)38)26(16-44)11-12-40/h4-7,10,22,25-26H,2,8-9,11,13-21H2,1,3H3. The lowest BCUT2D eigenvalue weighted by Crippen LogP contribution is -2.56. The minimum Gasteiger partial charge on any atom is -0.463 e. The van der Waals surface area contributed by atoms with Crippen molar-refractivity contribution in [1.82, 2.24) is 19.8 Å². The summed E-state index contributed by atoms with van der Waals surface area (Å²) in [5, 5.41) is 11.2. The third-order valence-corrected chi connectivity index (χ3v) is 10.7. The Kier molecular flexibility index (Phi) is 9.11. The summed E-state index contributed by atoms with van der Waals surface area (Å²) < 4.78 is 40.7. The van der Waals surface area contributed by atoms with Crippen LogP contribution in [-0.4, -0.2) is 96.8 Å². The summed E-state index contributed by atoms with van der Waals surface area (Å²) in [5.74, 6) is -1.65. The molecule has 3 aliphatic heterocycles. The lowest BCUT2D eigenvalue weighted by molar-refractivity contribution is -0.143. The molecule has 2 unspecified atom stereocenters. The number of nitrogens with zero attached hydrogens (tertiary/aromatic N) is 7. The highest BCUT2D eigenvalue weighted by Crippen LogP contribution is 2.41. The zero-order valence-electron chi connectivity index (χ0n) is 27.8. The first-order chi connectivity index (χ1) is 23.6. The minimum atomic E-state index is -1.05. The third kappa shape index (κ3) is 6.52. The van der Waals surface area contributed by atoms with Crippen LogP contribution in [0.4, 0.5) is 20.3 Å². The van der Waals surface area contributed by atoms with Crippen LogP contribution in [0.2, 0.25) is 5.02 Å². The average molecular weight is 692 g/mol. The average Bonchev–Trinajstić information content (AvgIpc) is 3.93. The molecule has 0 spiro atoms. The third-order valence-electron chi connectivity index (χ3n) is 10.3. The van der Waals surface area contributed by atoms with Crippen molar-refractivity contribution in [2.24, 2.45) is 5.41 Å². The van der Waals surface area contributed by atoms with Gasteiger partial charge in [-0.2, -0.15) is 15.2 Å². The van der Waals surface area contributed by atoms with Crippen LogP contribution in [0.5, 0.6) is 6.01 Å². The van der Waals surface area contributed by atoms with Crippen LogP contribution in [0.1, 0.15) is 37.4 Å². The van der Waals surface area contributed by atoms with E-state index in [9.17, 15) is 18.8 Å². The molecule has 3 fully saturated rings. The smallest absolute Gasteiger partial charge is 0.318 e. The van der Waals surface area contributed by atoms with Gasteiger partial charge in [-0.05, 0) is 50.8 Å². The number of ether oxygens (including phenoxy) is 2. The molecule has 1 saturated carbocycles. The lowest BCUT2D eigenvalue weighted by atomic mass is 9.86. The van der Waals surface area contributed by atoms with E-state index in [0.29, 0.717) is 56.6 Å². The molecule has 1 aromatic heterocycles. The normalized spacial score (nSPS) is 21.7. The van der Waals surface area contributed by atoms with Crippen molar-refractivity contribution in [3.05, 3.63) is 64.8 Å². The summed E-state index contributed by atoms with van der Waals surface area (Å²) in [6.07, 6.45) is 3.02. The van der Waals surface area contributed by atoms with Gasteiger partial charge in [0.05, 0.1) is 54.4 Å². The SMILES string of the molecule is C=C(F)C(=O)N1CCN(c2nc(OCC3(CN(C)C4CC4)COC3)nc3c2CC(C)N(c2cccc4ccc(F)c(Cl)c24)C3)CC1CC#N. The van der Waals surface area contributed by atoms with Crippen molar-refractivity contribution in [2.45, 2.75) is 57.3 Å². The molecule has 1 amide bonds. The highest BCUT2D eigenvalue weighted by Gasteiger charge is 2.43. The summed E-state index contributed by atoms with van der Waals surface area (Å²) in [5.41, 5.74) is 2.35. The number of halogens is 3. The first kappa shape index (κ1) is 33.4. The number of hydrogen-bond donors (Lipinski definition) is 0. The Hall–Kier alpha value is -4.05. The van der Waals surface area contributed by atoms with E-state index in [2.05, 4.69) is 41.3 Å². The van der Waals surface area contributed by atoms with Gasteiger partial charge >= 0.3 is 6.01 Å². The van der Waals surface area contributed by atoms with Gasteiger partial charge in [-0.3, -0.25) is 4.79 Å². The molecule has 0 radical (unpaired) electrons. The second-order valence-electron chi connectivity index (χ2n) is 14.0. The summed E-state index contributed by atoms with van der Waals surface area (Å²) in [4.78, 5) is 30.6. The fraction of sp³-hybridized carbons (Fsp3) is 0.500. The number of anilines is 2. The van der Waals surface area contributed by atoms with E-state index in [1.165, 1.54) is 23.8 Å². The van der Waals surface area contributed by atoms with Crippen LogP contribution in [0, 0.1) is 22.6 Å². The summed E-state index contributed by atoms with van der Waals surface area (Å²) in [6.45, 7) is 8.99. The van der Waals surface area contributed by atoms with Crippen molar-refractivity contribution in [2.75, 3.05) is 62.8 Å². The molecule has 4 heterocycles. The van der Waals surface area contributed by atoms with Crippen LogP contribution >= 0.6 is 11.6 Å². The summed E-state index contributed by atoms with van der Waals surface area (Å²) in [7, 11) is 2.15. The van der Waals surface area contributed by atoms with E-state index in [1.807, 2.05) is 18.2 Å². The predicted molar refractivity (Wildman–Crippen MR) is 183 cm³/mol. The number of aromatic nitrogens is 2. The Labute approximate surface area is 289 Å². The fourth-order valence-corrected chi connectivity index (χ4v) is 7.76. The molecule has 2 aromatic carbocycles. The summed E-state index contributed by atoms with van der Waals surface area (Å²) >= 11 is 6.56. The summed E-state index contributed by atoms with van der Waals surface area (Å²) in [6, 6.07) is 11.3. The second-order valence-corrected chi connectivity index (χ2v) is 14.3. The van der Waals surface area contributed by atoms with Crippen LogP contribution in [-0.2, 0) is 22.5 Å². The molecule has 1 aliphatic carbocycles. The highest BCUT2D eigenvalue weighted by molar-refractivity contribution is 6.36. The number of hydrogen-bond acceptors (Lipinski definition) is 9. The van der Waals surface area contributed by atoms with Crippen molar-refractivity contribution < 1.29 is 23.0 Å². The monoisotopic (exact) mass is 691 g/mol. The number of benzene rings is 2. The molecule has 4 aliphatic rings. The Bertz CT molecular complexity index is 1830. The second kappa shape index (κ2) is 13.3. The van der Waals surface area contributed by atoms with Crippen molar-refractivity contribution in [3.8, 4) is 12.1 Å². The minimum absolute atomic E-state index is 0.0335. The van der Waals surface area contributed by atoms with Gasteiger partial charge in [-0.25, -0.2) is 8.78 Å². The number of rotatable bonds is 10. The molecule has 258 valence electrons. The molecule has 0 N–H and O–H groups in total. The van der Waals surface area contributed by atoms with Crippen LogP contribution in [0.3, 0.4) is 0 Å². The zero-order valence-corrected chi connectivity index (χ0v) is 28.6. The van der Waals surface area contributed by atoms with E-state index in [1.54, 1.807) is 6.07 Å². The first-order valence-corrected chi connectivity index (χ1v) is 17.2. The Morgan fingerprint density at radius 1 is 1.24 bits per heavy atom. The molecular formula is C36H40ClF2N7O3. The Balaban J connectivity index is 1.24. The van der Waals surface area contributed by atoms with Gasteiger partial charge in [-0.15, -0.1) is 0 Å². The van der Waals surface area contributed by atoms with Crippen LogP contribution in [0.15, 0.2) is 42.7 Å². The van der Waals surface area contributed by atoms with Gasteiger partial charge in [0, 0.05) is 54.9 Å². The number of amides is 1. The largest absolute Gasteiger partial charge is 0.463 e. The maximum absolute atomic E-state index is 14.7. The number of nitriles is 1. The molecule has 3 aromatic rings. The zero-order chi connectivity index (χ0) is 34.4. The quantitative estimate of drug-likeness (QED) is 0.263. The number of carbonyl (C=O) groups is 1. The maximum atomic E-state index is 14.7.